The third-order valence-electron chi connectivity index (χ3n) is 4.80. The Bertz CT molecular complexity index is 702. The third kappa shape index (κ3) is 4.87. The topological polar surface area (TPSA) is 82.1 Å². The van der Waals surface area contributed by atoms with Gasteiger partial charge in [-0.25, -0.2) is 9.59 Å². The molecule has 1 amide bonds. The van der Waals surface area contributed by atoms with E-state index in [1.165, 1.54) is 19.1 Å². The Kier molecular flexibility index (Phi) is 6.98. The van der Waals surface area contributed by atoms with Crippen LogP contribution in [0.1, 0.15) is 18.9 Å². The summed E-state index contributed by atoms with van der Waals surface area (Å²) < 4.78 is 15.0. The predicted molar refractivity (Wildman–Crippen MR) is 97.6 cm³/mol. The monoisotopic (exact) mass is 375 g/mol. The van der Waals surface area contributed by atoms with Gasteiger partial charge >= 0.3 is 18.0 Å². The molecule has 1 heterocycles. The molecular formula is C20H25NO6. The number of rotatable bonds is 6. The second-order valence-corrected chi connectivity index (χ2v) is 6.56. The number of benzene rings is 1. The maximum absolute atomic E-state index is 12.7. The van der Waals surface area contributed by atoms with E-state index < -0.39 is 30.0 Å². The summed E-state index contributed by atoms with van der Waals surface area (Å²) in [6.07, 6.45) is -0.649. The van der Waals surface area contributed by atoms with Crippen LogP contribution in [0.3, 0.4) is 0 Å². The van der Waals surface area contributed by atoms with Gasteiger partial charge in [0, 0.05) is 18.4 Å². The lowest BCUT2D eigenvalue weighted by atomic mass is 9.84. The Morgan fingerprint density at radius 2 is 1.81 bits per heavy atom. The van der Waals surface area contributed by atoms with E-state index in [-0.39, 0.29) is 25.5 Å². The lowest BCUT2D eigenvalue weighted by Crippen LogP contribution is -2.44. The highest BCUT2D eigenvalue weighted by Crippen LogP contribution is 2.37. The highest BCUT2D eigenvalue weighted by molar-refractivity contribution is 5.84. The minimum atomic E-state index is -0.931. The molecule has 146 valence electrons. The molecule has 7 nitrogen and oxygen atoms in total. The third-order valence-corrected chi connectivity index (χ3v) is 4.80. The predicted octanol–water partition coefficient (Wildman–Crippen LogP) is 2.55. The van der Waals surface area contributed by atoms with Crippen LogP contribution in [0.2, 0.25) is 0 Å². The average molecular weight is 375 g/mol. The second kappa shape index (κ2) is 9.21. The zero-order chi connectivity index (χ0) is 20.0. The summed E-state index contributed by atoms with van der Waals surface area (Å²) in [5.74, 6) is -1.77. The van der Waals surface area contributed by atoms with Gasteiger partial charge in [0.15, 0.2) is 0 Å². The van der Waals surface area contributed by atoms with Crippen molar-refractivity contribution >= 4 is 18.0 Å². The first-order chi connectivity index (χ1) is 12.9. The van der Waals surface area contributed by atoms with Crippen LogP contribution in [-0.4, -0.2) is 49.7 Å². The van der Waals surface area contributed by atoms with Crippen molar-refractivity contribution in [2.75, 3.05) is 20.8 Å². The minimum Gasteiger partial charge on any atom is -0.469 e. The van der Waals surface area contributed by atoms with Gasteiger partial charge < -0.3 is 14.2 Å². The second-order valence-electron chi connectivity index (χ2n) is 6.56. The van der Waals surface area contributed by atoms with Gasteiger partial charge in [-0.15, -0.1) is 0 Å². The highest BCUT2D eigenvalue weighted by atomic mass is 16.6. The van der Waals surface area contributed by atoms with Gasteiger partial charge in [0.25, 0.3) is 0 Å². The number of ether oxygens (including phenoxy) is 3. The molecule has 1 fully saturated rings. The number of esters is 2. The molecule has 0 spiro atoms. The molecule has 0 aliphatic carbocycles. The molecule has 1 aromatic carbocycles. The number of nitrogens with zero attached hydrogens (tertiary/aromatic N) is 1. The van der Waals surface area contributed by atoms with Gasteiger partial charge in [-0.3, -0.25) is 9.69 Å². The molecular weight excluding hydrogens is 350 g/mol. The largest absolute Gasteiger partial charge is 0.469 e. The number of hydrogen-bond acceptors (Lipinski definition) is 6. The summed E-state index contributed by atoms with van der Waals surface area (Å²) >= 11 is 0. The number of likely N-dealkylation sites (tertiary alicyclic amines) is 1. The van der Waals surface area contributed by atoms with Gasteiger partial charge in [-0.05, 0) is 12.5 Å². The molecule has 7 heteroatoms. The normalized spacial score (nSPS) is 21.4. The SMILES string of the molecule is C=C(C)[C@H]1CN(C(=O)OCc2ccccc2)[C@@H](C(=O)OC)[C@H]1CC(=O)OC. The first-order valence-corrected chi connectivity index (χ1v) is 8.66. The van der Waals surface area contributed by atoms with Crippen molar-refractivity contribution in [3.8, 4) is 0 Å². The van der Waals surface area contributed by atoms with Crippen LogP contribution < -0.4 is 0 Å². The quantitative estimate of drug-likeness (QED) is 0.432. The molecule has 1 aromatic rings. The fourth-order valence-electron chi connectivity index (χ4n) is 3.38. The van der Waals surface area contributed by atoms with Crippen LogP contribution in [0.5, 0.6) is 0 Å². The van der Waals surface area contributed by atoms with Crippen LogP contribution in [0.4, 0.5) is 4.79 Å². The maximum Gasteiger partial charge on any atom is 0.410 e. The summed E-state index contributed by atoms with van der Waals surface area (Å²) in [5.41, 5.74) is 1.61. The Morgan fingerprint density at radius 1 is 1.15 bits per heavy atom. The first-order valence-electron chi connectivity index (χ1n) is 8.66. The van der Waals surface area contributed by atoms with Gasteiger partial charge in [-0.1, -0.05) is 42.5 Å². The summed E-state index contributed by atoms with van der Waals surface area (Å²) in [6, 6.07) is 8.31. The summed E-state index contributed by atoms with van der Waals surface area (Å²) in [6.45, 7) is 6.07. The van der Waals surface area contributed by atoms with E-state index in [1.54, 1.807) is 0 Å². The van der Waals surface area contributed by atoms with E-state index in [0.29, 0.717) is 0 Å². The number of methoxy groups -OCH3 is 2. The van der Waals surface area contributed by atoms with Crippen molar-refractivity contribution in [1.82, 2.24) is 4.90 Å². The summed E-state index contributed by atoms with van der Waals surface area (Å²) in [4.78, 5) is 38.2. The van der Waals surface area contributed by atoms with E-state index in [1.807, 2.05) is 37.3 Å². The van der Waals surface area contributed by atoms with E-state index in [4.69, 9.17) is 14.2 Å². The van der Waals surface area contributed by atoms with E-state index >= 15 is 0 Å². The summed E-state index contributed by atoms with van der Waals surface area (Å²) in [7, 11) is 2.53. The van der Waals surface area contributed by atoms with Crippen molar-refractivity contribution in [3.05, 3.63) is 48.0 Å². The van der Waals surface area contributed by atoms with E-state index in [9.17, 15) is 14.4 Å². The Labute approximate surface area is 158 Å². The van der Waals surface area contributed by atoms with Crippen molar-refractivity contribution in [1.29, 1.82) is 0 Å². The van der Waals surface area contributed by atoms with Crippen molar-refractivity contribution in [2.45, 2.75) is 26.0 Å². The van der Waals surface area contributed by atoms with Gasteiger partial charge in [0.05, 0.1) is 20.6 Å². The molecule has 1 aliphatic heterocycles. The molecule has 3 atom stereocenters. The highest BCUT2D eigenvalue weighted by Gasteiger charge is 2.50. The molecule has 0 radical (unpaired) electrons. The van der Waals surface area contributed by atoms with Gasteiger partial charge in [-0.2, -0.15) is 0 Å². The first kappa shape index (κ1) is 20.5. The Hall–Kier alpha value is -2.83. The van der Waals surface area contributed by atoms with Crippen LogP contribution >= 0.6 is 0 Å². The fourth-order valence-corrected chi connectivity index (χ4v) is 3.38. The van der Waals surface area contributed by atoms with Gasteiger partial charge in [0.2, 0.25) is 0 Å². The smallest absolute Gasteiger partial charge is 0.410 e. The van der Waals surface area contributed by atoms with Crippen molar-refractivity contribution in [2.24, 2.45) is 11.8 Å². The molecule has 0 unspecified atom stereocenters. The number of amides is 1. The van der Waals surface area contributed by atoms with E-state index in [2.05, 4.69) is 6.58 Å². The maximum atomic E-state index is 12.7. The summed E-state index contributed by atoms with van der Waals surface area (Å²) in [5, 5.41) is 0. The van der Waals surface area contributed by atoms with E-state index in [0.717, 1.165) is 11.1 Å². The van der Waals surface area contributed by atoms with Crippen LogP contribution in [0.25, 0.3) is 0 Å². The van der Waals surface area contributed by atoms with Crippen molar-refractivity contribution in [3.63, 3.8) is 0 Å². The Balaban J connectivity index is 2.21. The number of carbonyl (C=O) groups is 3. The number of carbonyl (C=O) groups excluding carboxylic acids is 3. The molecule has 0 N–H and O–H groups in total. The molecule has 2 rings (SSSR count). The molecule has 1 aliphatic rings. The standard InChI is InChI=1S/C20H25NO6/c1-13(2)16-11-21(20(24)27-12-14-8-6-5-7-9-14)18(19(23)26-4)15(16)10-17(22)25-3/h5-9,15-16,18H,1,10-12H2,2-4H3/t15-,16+,18+/m0/s1. The van der Waals surface area contributed by atoms with Crippen molar-refractivity contribution < 1.29 is 28.6 Å². The molecule has 27 heavy (non-hydrogen) atoms. The minimum absolute atomic E-state index is 0.0176. The molecule has 0 saturated carbocycles. The lowest BCUT2D eigenvalue weighted by Gasteiger charge is -2.25. The average Bonchev–Trinajstić information content (AvgIpc) is 3.05. The van der Waals surface area contributed by atoms with Crippen LogP contribution in [0, 0.1) is 11.8 Å². The lowest BCUT2D eigenvalue weighted by molar-refractivity contribution is -0.148. The molecule has 1 saturated heterocycles. The van der Waals surface area contributed by atoms with Crippen LogP contribution in [-0.2, 0) is 30.4 Å². The molecule has 0 bridgehead atoms. The number of hydrogen-bond donors (Lipinski definition) is 0. The zero-order valence-corrected chi connectivity index (χ0v) is 15.8. The zero-order valence-electron chi connectivity index (χ0n) is 15.8. The molecule has 0 aromatic heterocycles. The Morgan fingerprint density at radius 3 is 2.37 bits per heavy atom. The van der Waals surface area contributed by atoms with Gasteiger partial charge in [0.1, 0.15) is 12.6 Å². The fraction of sp³-hybridized carbons (Fsp3) is 0.450. The van der Waals surface area contributed by atoms with Crippen LogP contribution in [0.15, 0.2) is 42.5 Å².